The molecule has 1 aromatic heterocycles. The van der Waals surface area contributed by atoms with Crippen LogP contribution in [0.1, 0.15) is 24.3 Å². The van der Waals surface area contributed by atoms with E-state index in [2.05, 4.69) is 15.1 Å². The van der Waals surface area contributed by atoms with Crippen LogP contribution in [0, 0.1) is 18.3 Å². The van der Waals surface area contributed by atoms with Crippen molar-refractivity contribution in [3.8, 4) is 0 Å². The van der Waals surface area contributed by atoms with Gasteiger partial charge in [-0.25, -0.2) is 0 Å². The van der Waals surface area contributed by atoms with Crippen LogP contribution in [0.25, 0.3) is 0 Å². The van der Waals surface area contributed by atoms with Gasteiger partial charge < -0.3 is 10.0 Å². The van der Waals surface area contributed by atoms with Crippen LogP contribution >= 0.6 is 11.3 Å². The SMILES string of the molecule is Cc1nnc(N2C[C@@H]3CCC[C@@]3(C(=O)O)C2)s1. The first-order valence-electron chi connectivity index (χ1n) is 5.90. The van der Waals surface area contributed by atoms with E-state index in [1.54, 1.807) is 11.3 Å². The van der Waals surface area contributed by atoms with Gasteiger partial charge >= 0.3 is 5.97 Å². The number of carboxylic acid groups (broad SMARTS) is 1. The quantitative estimate of drug-likeness (QED) is 0.866. The fraction of sp³-hybridized carbons (Fsp3) is 0.727. The number of aliphatic carboxylic acids is 1. The Kier molecular flexibility index (Phi) is 2.36. The summed E-state index contributed by atoms with van der Waals surface area (Å²) < 4.78 is 0. The van der Waals surface area contributed by atoms with Crippen molar-refractivity contribution in [3.05, 3.63) is 5.01 Å². The highest BCUT2D eigenvalue weighted by molar-refractivity contribution is 7.15. The second-order valence-corrected chi connectivity index (χ2v) is 6.19. The maximum Gasteiger partial charge on any atom is 0.311 e. The summed E-state index contributed by atoms with van der Waals surface area (Å²) in [5.41, 5.74) is -0.528. The normalized spacial score (nSPS) is 31.8. The monoisotopic (exact) mass is 253 g/mol. The van der Waals surface area contributed by atoms with Gasteiger partial charge in [-0.15, -0.1) is 10.2 Å². The summed E-state index contributed by atoms with van der Waals surface area (Å²) in [5, 5.41) is 19.4. The summed E-state index contributed by atoms with van der Waals surface area (Å²) in [7, 11) is 0. The van der Waals surface area contributed by atoms with E-state index in [4.69, 9.17) is 0 Å². The number of hydrogen-bond donors (Lipinski definition) is 1. The molecule has 92 valence electrons. The number of aryl methyl sites for hydroxylation is 1. The molecule has 1 N–H and O–H groups in total. The van der Waals surface area contributed by atoms with Crippen LogP contribution in [-0.4, -0.2) is 34.4 Å². The van der Waals surface area contributed by atoms with Gasteiger partial charge in [0, 0.05) is 13.1 Å². The van der Waals surface area contributed by atoms with Crippen LogP contribution in [0.2, 0.25) is 0 Å². The van der Waals surface area contributed by atoms with Crippen molar-refractivity contribution in [1.82, 2.24) is 10.2 Å². The maximum absolute atomic E-state index is 11.5. The van der Waals surface area contributed by atoms with E-state index in [-0.39, 0.29) is 5.92 Å². The Balaban J connectivity index is 1.87. The standard InChI is InChI=1S/C11H15N3O2S/c1-7-12-13-10(17-7)14-5-8-3-2-4-11(8,6-14)9(15)16/h8H,2-6H2,1H3,(H,15,16)/t8-,11+/m0/s1. The van der Waals surface area contributed by atoms with Crippen molar-refractivity contribution in [2.24, 2.45) is 11.3 Å². The van der Waals surface area contributed by atoms with E-state index in [9.17, 15) is 9.90 Å². The van der Waals surface area contributed by atoms with Gasteiger partial charge in [0.25, 0.3) is 0 Å². The predicted molar refractivity (Wildman–Crippen MR) is 64.3 cm³/mol. The average molecular weight is 253 g/mol. The van der Waals surface area contributed by atoms with Gasteiger partial charge in [0.15, 0.2) is 0 Å². The number of carbonyl (C=O) groups is 1. The zero-order valence-corrected chi connectivity index (χ0v) is 10.5. The Morgan fingerprint density at radius 2 is 2.41 bits per heavy atom. The summed E-state index contributed by atoms with van der Waals surface area (Å²) in [6.45, 7) is 3.34. The van der Waals surface area contributed by atoms with Crippen LogP contribution in [0.4, 0.5) is 5.13 Å². The number of fused-ring (bicyclic) bond motifs is 1. The molecule has 6 heteroatoms. The molecule has 0 amide bonds. The number of anilines is 1. The first kappa shape index (κ1) is 11.0. The molecule has 3 rings (SSSR count). The smallest absolute Gasteiger partial charge is 0.311 e. The first-order valence-corrected chi connectivity index (χ1v) is 6.72. The molecule has 1 aliphatic carbocycles. The largest absolute Gasteiger partial charge is 0.481 e. The van der Waals surface area contributed by atoms with Gasteiger partial charge in [-0.1, -0.05) is 17.8 Å². The fourth-order valence-corrected chi connectivity index (χ4v) is 3.89. The highest BCUT2D eigenvalue weighted by Gasteiger charge is 2.55. The minimum atomic E-state index is -0.635. The molecule has 1 saturated carbocycles. The molecule has 0 unspecified atom stereocenters. The van der Waals surface area contributed by atoms with E-state index in [0.717, 1.165) is 35.9 Å². The summed E-state index contributed by atoms with van der Waals surface area (Å²) in [5.74, 6) is -0.354. The maximum atomic E-state index is 11.5. The lowest BCUT2D eigenvalue weighted by atomic mass is 9.81. The van der Waals surface area contributed by atoms with Crippen molar-refractivity contribution in [2.45, 2.75) is 26.2 Å². The lowest BCUT2D eigenvalue weighted by Crippen LogP contribution is -2.35. The van der Waals surface area contributed by atoms with Gasteiger partial charge in [0.1, 0.15) is 5.01 Å². The van der Waals surface area contributed by atoms with Crippen LogP contribution in [0.3, 0.4) is 0 Å². The zero-order chi connectivity index (χ0) is 12.0. The van der Waals surface area contributed by atoms with Gasteiger partial charge in [-0.3, -0.25) is 4.79 Å². The molecule has 0 aromatic carbocycles. The third kappa shape index (κ3) is 1.54. The molecule has 2 aliphatic rings. The Morgan fingerprint density at radius 3 is 3.00 bits per heavy atom. The molecule has 1 aliphatic heterocycles. The van der Waals surface area contributed by atoms with E-state index in [1.807, 2.05) is 6.92 Å². The molecule has 0 bridgehead atoms. The molecule has 2 atom stereocenters. The predicted octanol–water partition coefficient (Wildman–Crippen LogP) is 1.54. The Bertz CT molecular complexity index is 461. The molecule has 5 nitrogen and oxygen atoms in total. The number of aromatic nitrogens is 2. The van der Waals surface area contributed by atoms with Gasteiger partial charge in [0.05, 0.1) is 5.41 Å². The molecule has 0 radical (unpaired) electrons. The van der Waals surface area contributed by atoms with Crippen molar-refractivity contribution in [2.75, 3.05) is 18.0 Å². The van der Waals surface area contributed by atoms with Crippen molar-refractivity contribution in [3.63, 3.8) is 0 Å². The van der Waals surface area contributed by atoms with Crippen LogP contribution in [0.15, 0.2) is 0 Å². The number of nitrogens with zero attached hydrogens (tertiary/aromatic N) is 3. The minimum Gasteiger partial charge on any atom is -0.481 e. The summed E-state index contributed by atoms with van der Waals surface area (Å²) >= 11 is 1.54. The van der Waals surface area contributed by atoms with E-state index in [1.165, 1.54) is 0 Å². The van der Waals surface area contributed by atoms with Crippen molar-refractivity contribution in [1.29, 1.82) is 0 Å². The Hall–Kier alpha value is -1.17. The number of hydrogen-bond acceptors (Lipinski definition) is 5. The van der Waals surface area contributed by atoms with Crippen LogP contribution in [-0.2, 0) is 4.79 Å². The van der Waals surface area contributed by atoms with Gasteiger partial charge in [0.2, 0.25) is 5.13 Å². The molecular formula is C11H15N3O2S. The molecule has 2 fully saturated rings. The van der Waals surface area contributed by atoms with Crippen LogP contribution in [0.5, 0.6) is 0 Å². The minimum absolute atomic E-state index is 0.282. The summed E-state index contributed by atoms with van der Waals surface area (Å²) in [6, 6.07) is 0. The van der Waals surface area contributed by atoms with Crippen molar-refractivity contribution >= 4 is 22.4 Å². The third-order valence-electron chi connectivity index (χ3n) is 4.08. The topological polar surface area (TPSA) is 66.3 Å². The summed E-state index contributed by atoms with van der Waals surface area (Å²) in [4.78, 5) is 13.6. The second kappa shape index (κ2) is 3.66. The molecule has 1 aromatic rings. The van der Waals surface area contributed by atoms with E-state index in [0.29, 0.717) is 6.54 Å². The second-order valence-electron chi connectivity index (χ2n) is 5.03. The molecule has 0 spiro atoms. The lowest BCUT2D eigenvalue weighted by Gasteiger charge is -2.22. The van der Waals surface area contributed by atoms with Gasteiger partial charge in [-0.2, -0.15) is 0 Å². The Labute approximate surface area is 103 Å². The fourth-order valence-electron chi connectivity index (χ4n) is 3.20. The van der Waals surface area contributed by atoms with E-state index >= 15 is 0 Å². The highest BCUT2D eigenvalue weighted by atomic mass is 32.1. The molecule has 17 heavy (non-hydrogen) atoms. The first-order chi connectivity index (χ1) is 8.12. The Morgan fingerprint density at radius 1 is 1.59 bits per heavy atom. The lowest BCUT2D eigenvalue weighted by molar-refractivity contribution is -0.149. The van der Waals surface area contributed by atoms with Crippen molar-refractivity contribution < 1.29 is 9.90 Å². The zero-order valence-electron chi connectivity index (χ0n) is 9.72. The summed E-state index contributed by atoms with van der Waals surface area (Å²) in [6.07, 6.45) is 2.88. The highest BCUT2D eigenvalue weighted by Crippen LogP contribution is 2.50. The van der Waals surface area contributed by atoms with Gasteiger partial charge in [-0.05, 0) is 25.7 Å². The average Bonchev–Trinajstić information content (AvgIpc) is 2.88. The molecule has 1 saturated heterocycles. The van der Waals surface area contributed by atoms with Crippen LogP contribution < -0.4 is 4.90 Å². The van der Waals surface area contributed by atoms with E-state index < -0.39 is 11.4 Å². The third-order valence-corrected chi connectivity index (χ3v) is 4.98. The molecular weight excluding hydrogens is 238 g/mol. The number of carboxylic acids is 1. The number of rotatable bonds is 2. The molecule has 2 heterocycles.